The molecule has 2 N–H and O–H groups in total. The van der Waals surface area contributed by atoms with Gasteiger partial charge in [-0.05, 0) is 32.0 Å². The minimum Gasteiger partial charge on any atom is -0.482 e. The summed E-state index contributed by atoms with van der Waals surface area (Å²) in [6.45, 7) is 2.78. The van der Waals surface area contributed by atoms with Crippen molar-refractivity contribution in [2.24, 2.45) is 0 Å². The molecule has 21 heavy (non-hydrogen) atoms. The summed E-state index contributed by atoms with van der Waals surface area (Å²) in [5.41, 5.74) is -0.549. The number of hydrogen-bond donors (Lipinski definition) is 2. The monoisotopic (exact) mass is 292 g/mol. The molecular weight excluding hydrogens is 276 g/mol. The number of ether oxygens (including phenoxy) is 1. The number of nitrogens with one attached hydrogen (secondary N) is 1. The molecule has 0 atom stereocenters. The number of carboxylic acid groups (broad SMARTS) is 1. The van der Waals surface area contributed by atoms with E-state index in [1.54, 1.807) is 6.07 Å². The molecule has 1 heterocycles. The number of likely N-dealkylation sites (N-methyl/N-ethyl adjacent to an activating group) is 1. The SMILES string of the molecule is CN(C(=O)c1ccc2c(c1)OCC(=O)N2)C(C)(C)C(=O)O. The van der Waals surface area contributed by atoms with Gasteiger partial charge in [-0.3, -0.25) is 9.59 Å². The first-order valence-electron chi connectivity index (χ1n) is 6.31. The lowest BCUT2D eigenvalue weighted by molar-refractivity contribution is -0.147. The van der Waals surface area contributed by atoms with Crippen LogP contribution >= 0.6 is 0 Å². The Morgan fingerprint density at radius 2 is 2.05 bits per heavy atom. The van der Waals surface area contributed by atoms with E-state index in [9.17, 15) is 14.4 Å². The number of nitrogens with zero attached hydrogens (tertiary/aromatic N) is 1. The predicted molar refractivity (Wildman–Crippen MR) is 74.4 cm³/mol. The topological polar surface area (TPSA) is 95.9 Å². The van der Waals surface area contributed by atoms with E-state index in [2.05, 4.69) is 5.32 Å². The van der Waals surface area contributed by atoms with E-state index in [-0.39, 0.29) is 12.5 Å². The van der Waals surface area contributed by atoms with Gasteiger partial charge in [-0.2, -0.15) is 0 Å². The smallest absolute Gasteiger partial charge is 0.329 e. The second-order valence-electron chi connectivity index (χ2n) is 5.28. The molecule has 0 fully saturated rings. The molecule has 0 aromatic heterocycles. The molecule has 0 saturated heterocycles. The number of carboxylic acids is 1. The molecule has 2 rings (SSSR count). The summed E-state index contributed by atoms with van der Waals surface area (Å²) < 4.78 is 5.24. The van der Waals surface area contributed by atoms with Gasteiger partial charge in [-0.1, -0.05) is 0 Å². The van der Waals surface area contributed by atoms with Crippen LogP contribution in [0.3, 0.4) is 0 Å². The fourth-order valence-corrected chi connectivity index (χ4v) is 1.80. The van der Waals surface area contributed by atoms with Crippen LogP contribution in [0.4, 0.5) is 5.69 Å². The summed E-state index contributed by atoms with van der Waals surface area (Å²) in [5.74, 6) is -1.40. The zero-order valence-corrected chi connectivity index (χ0v) is 12.0. The number of fused-ring (bicyclic) bond motifs is 1. The summed E-state index contributed by atoms with van der Waals surface area (Å²) in [4.78, 5) is 35.9. The van der Waals surface area contributed by atoms with Gasteiger partial charge in [0.15, 0.2) is 6.61 Å². The lowest BCUT2D eigenvalue weighted by atomic mass is 10.0. The highest BCUT2D eigenvalue weighted by Crippen LogP contribution is 2.29. The van der Waals surface area contributed by atoms with Gasteiger partial charge in [-0.15, -0.1) is 0 Å². The predicted octanol–water partition coefficient (Wildman–Crippen LogP) is 0.953. The minimum atomic E-state index is -1.33. The van der Waals surface area contributed by atoms with Crippen LogP contribution in [0.2, 0.25) is 0 Å². The van der Waals surface area contributed by atoms with E-state index in [0.717, 1.165) is 4.90 Å². The molecule has 1 aromatic rings. The van der Waals surface area contributed by atoms with Crippen molar-refractivity contribution < 1.29 is 24.2 Å². The molecular formula is C14H16N2O5. The summed E-state index contributed by atoms with van der Waals surface area (Å²) in [6, 6.07) is 4.57. The minimum absolute atomic E-state index is 0.110. The second kappa shape index (κ2) is 5.08. The highest BCUT2D eigenvalue weighted by molar-refractivity contribution is 6.00. The molecule has 0 aliphatic carbocycles. The van der Waals surface area contributed by atoms with Crippen LogP contribution in [0.25, 0.3) is 0 Å². The fraction of sp³-hybridized carbons (Fsp3) is 0.357. The van der Waals surface area contributed by atoms with Crippen molar-refractivity contribution >= 4 is 23.5 Å². The number of rotatable bonds is 3. The summed E-state index contributed by atoms with van der Waals surface area (Å²) in [6.07, 6.45) is 0. The summed E-state index contributed by atoms with van der Waals surface area (Å²) in [5, 5.41) is 11.8. The fourth-order valence-electron chi connectivity index (χ4n) is 1.80. The average Bonchev–Trinajstić information content (AvgIpc) is 2.44. The van der Waals surface area contributed by atoms with Crippen LogP contribution in [-0.2, 0) is 9.59 Å². The van der Waals surface area contributed by atoms with Gasteiger partial charge in [-0.25, -0.2) is 4.79 Å². The number of carbonyl (C=O) groups is 3. The normalized spacial score (nSPS) is 13.8. The van der Waals surface area contributed by atoms with Gasteiger partial charge in [0.2, 0.25) is 0 Å². The van der Waals surface area contributed by atoms with Gasteiger partial charge in [0.05, 0.1) is 5.69 Å². The molecule has 0 unspecified atom stereocenters. The summed E-state index contributed by atoms with van der Waals surface area (Å²) in [7, 11) is 1.43. The second-order valence-corrected chi connectivity index (χ2v) is 5.28. The van der Waals surface area contributed by atoms with E-state index in [1.165, 1.54) is 33.0 Å². The maximum atomic E-state index is 12.4. The molecule has 7 heteroatoms. The molecule has 112 valence electrons. The third-order valence-electron chi connectivity index (χ3n) is 3.53. The van der Waals surface area contributed by atoms with E-state index < -0.39 is 17.4 Å². The van der Waals surface area contributed by atoms with Crippen molar-refractivity contribution in [2.45, 2.75) is 19.4 Å². The number of carbonyl (C=O) groups excluding carboxylic acids is 2. The zero-order valence-electron chi connectivity index (χ0n) is 12.0. The van der Waals surface area contributed by atoms with Crippen molar-refractivity contribution in [2.75, 3.05) is 19.0 Å². The molecule has 0 saturated carbocycles. The number of amides is 2. The van der Waals surface area contributed by atoms with Crippen molar-refractivity contribution in [1.29, 1.82) is 0 Å². The Kier molecular flexibility index (Phi) is 3.59. The summed E-state index contributed by atoms with van der Waals surface area (Å²) >= 11 is 0. The Morgan fingerprint density at radius 1 is 1.38 bits per heavy atom. The van der Waals surface area contributed by atoms with E-state index in [0.29, 0.717) is 17.0 Å². The third-order valence-corrected chi connectivity index (χ3v) is 3.53. The van der Waals surface area contributed by atoms with Crippen molar-refractivity contribution in [3.63, 3.8) is 0 Å². The average molecular weight is 292 g/mol. The van der Waals surface area contributed by atoms with Crippen LogP contribution < -0.4 is 10.1 Å². The van der Waals surface area contributed by atoms with Crippen LogP contribution in [0.5, 0.6) is 5.75 Å². The standard InChI is InChI=1S/C14H16N2O5/c1-14(2,13(19)20)16(3)12(18)8-4-5-9-10(6-8)21-7-11(17)15-9/h4-6H,7H2,1-3H3,(H,15,17)(H,19,20). The molecule has 1 aliphatic rings. The van der Waals surface area contributed by atoms with Crippen molar-refractivity contribution in [3.05, 3.63) is 23.8 Å². The first kappa shape index (κ1) is 14.8. The van der Waals surface area contributed by atoms with E-state index in [4.69, 9.17) is 9.84 Å². The highest BCUT2D eigenvalue weighted by atomic mass is 16.5. The van der Waals surface area contributed by atoms with Gasteiger partial charge in [0.1, 0.15) is 11.3 Å². The molecule has 1 aliphatic heterocycles. The van der Waals surface area contributed by atoms with Gasteiger partial charge in [0, 0.05) is 12.6 Å². The molecule has 2 amide bonds. The van der Waals surface area contributed by atoms with Crippen molar-refractivity contribution in [1.82, 2.24) is 4.90 Å². The third kappa shape index (κ3) is 2.67. The first-order chi connectivity index (χ1) is 9.73. The largest absolute Gasteiger partial charge is 0.482 e. The maximum absolute atomic E-state index is 12.4. The Labute approximate surface area is 121 Å². The number of aliphatic carboxylic acids is 1. The lowest BCUT2D eigenvalue weighted by Gasteiger charge is -2.31. The Balaban J connectivity index is 2.29. The van der Waals surface area contributed by atoms with Crippen LogP contribution in [0.15, 0.2) is 18.2 Å². The first-order valence-corrected chi connectivity index (χ1v) is 6.31. The van der Waals surface area contributed by atoms with Crippen molar-refractivity contribution in [3.8, 4) is 5.75 Å². The Bertz CT molecular complexity index is 624. The lowest BCUT2D eigenvalue weighted by Crippen LogP contribution is -2.50. The van der Waals surface area contributed by atoms with E-state index in [1.807, 2.05) is 0 Å². The van der Waals surface area contributed by atoms with Crippen LogP contribution in [0, 0.1) is 0 Å². The zero-order chi connectivity index (χ0) is 15.8. The van der Waals surface area contributed by atoms with Gasteiger partial charge < -0.3 is 20.1 Å². The highest BCUT2D eigenvalue weighted by Gasteiger charge is 2.35. The Morgan fingerprint density at radius 3 is 2.67 bits per heavy atom. The molecule has 0 spiro atoms. The molecule has 0 radical (unpaired) electrons. The van der Waals surface area contributed by atoms with Crippen LogP contribution in [-0.4, -0.2) is 47.0 Å². The quantitative estimate of drug-likeness (QED) is 0.864. The Hall–Kier alpha value is -2.57. The van der Waals surface area contributed by atoms with Gasteiger partial charge >= 0.3 is 5.97 Å². The number of hydrogen-bond acceptors (Lipinski definition) is 4. The molecule has 7 nitrogen and oxygen atoms in total. The molecule has 0 bridgehead atoms. The van der Waals surface area contributed by atoms with Gasteiger partial charge in [0.25, 0.3) is 11.8 Å². The van der Waals surface area contributed by atoms with Crippen LogP contribution in [0.1, 0.15) is 24.2 Å². The molecule has 1 aromatic carbocycles. The maximum Gasteiger partial charge on any atom is 0.329 e. The van der Waals surface area contributed by atoms with E-state index >= 15 is 0 Å². The number of benzene rings is 1. The number of anilines is 1.